The van der Waals surface area contributed by atoms with Crippen LogP contribution in [0.15, 0.2) is 18.3 Å². The molecule has 15 heavy (non-hydrogen) atoms. The second-order valence-corrected chi connectivity index (χ2v) is 3.26. The summed E-state index contributed by atoms with van der Waals surface area (Å²) in [5.41, 5.74) is 0.429. The molecular weight excluding hydrogens is 216 g/mol. The van der Waals surface area contributed by atoms with Gasteiger partial charge in [0.2, 0.25) is 0 Å². The highest BCUT2D eigenvalue weighted by molar-refractivity contribution is 7.80. The number of carboxylic acid groups (broad SMARTS) is 1. The SMILES string of the molecule is CC(=O)c1cccn1C(=S)NCC(=O)O. The molecule has 6 heteroatoms. The lowest BCUT2D eigenvalue weighted by Gasteiger charge is -2.09. The molecule has 0 aromatic carbocycles. The van der Waals surface area contributed by atoms with Crippen molar-refractivity contribution >= 4 is 29.1 Å². The van der Waals surface area contributed by atoms with Crippen molar-refractivity contribution in [3.05, 3.63) is 24.0 Å². The summed E-state index contributed by atoms with van der Waals surface area (Å²) in [6.45, 7) is 1.15. The van der Waals surface area contributed by atoms with Crippen LogP contribution in [0.4, 0.5) is 0 Å². The Balaban J connectivity index is 2.78. The number of nitrogens with one attached hydrogen (secondary N) is 1. The average Bonchev–Trinajstić information content (AvgIpc) is 2.62. The zero-order chi connectivity index (χ0) is 11.4. The number of aliphatic carboxylic acids is 1. The fourth-order valence-corrected chi connectivity index (χ4v) is 1.31. The summed E-state index contributed by atoms with van der Waals surface area (Å²) >= 11 is 4.94. The van der Waals surface area contributed by atoms with E-state index in [1.54, 1.807) is 18.3 Å². The second kappa shape index (κ2) is 4.70. The van der Waals surface area contributed by atoms with Crippen LogP contribution in [0, 0.1) is 0 Å². The number of thiocarbonyl (C=S) groups is 1. The van der Waals surface area contributed by atoms with Crippen LogP contribution >= 0.6 is 12.2 Å². The number of carbonyl (C=O) groups is 2. The molecule has 0 spiro atoms. The van der Waals surface area contributed by atoms with E-state index in [-0.39, 0.29) is 17.4 Å². The van der Waals surface area contributed by atoms with Crippen LogP contribution < -0.4 is 5.32 Å². The van der Waals surface area contributed by atoms with Crippen molar-refractivity contribution in [3.8, 4) is 0 Å². The predicted molar refractivity (Wildman–Crippen MR) is 58.1 cm³/mol. The first-order valence-electron chi connectivity index (χ1n) is 4.20. The Morgan fingerprint density at radius 1 is 1.60 bits per heavy atom. The van der Waals surface area contributed by atoms with Gasteiger partial charge < -0.3 is 10.4 Å². The van der Waals surface area contributed by atoms with Crippen LogP contribution in [0.25, 0.3) is 0 Å². The van der Waals surface area contributed by atoms with Gasteiger partial charge in [-0.3, -0.25) is 14.2 Å². The van der Waals surface area contributed by atoms with Crippen molar-refractivity contribution in [1.29, 1.82) is 0 Å². The summed E-state index contributed by atoms with van der Waals surface area (Å²) in [6, 6.07) is 3.29. The number of carbonyl (C=O) groups excluding carboxylic acids is 1. The van der Waals surface area contributed by atoms with E-state index in [1.807, 2.05) is 0 Å². The van der Waals surface area contributed by atoms with E-state index < -0.39 is 5.97 Å². The third-order valence-electron chi connectivity index (χ3n) is 1.72. The van der Waals surface area contributed by atoms with Crippen molar-refractivity contribution in [3.63, 3.8) is 0 Å². The van der Waals surface area contributed by atoms with E-state index in [9.17, 15) is 9.59 Å². The predicted octanol–water partition coefficient (Wildman–Crippen LogP) is 0.498. The van der Waals surface area contributed by atoms with Gasteiger partial charge >= 0.3 is 5.97 Å². The number of aromatic nitrogens is 1. The van der Waals surface area contributed by atoms with Crippen molar-refractivity contribution in [1.82, 2.24) is 9.88 Å². The fourth-order valence-electron chi connectivity index (χ4n) is 1.08. The molecule has 1 aromatic rings. The lowest BCUT2D eigenvalue weighted by molar-refractivity contribution is -0.135. The van der Waals surface area contributed by atoms with Gasteiger partial charge in [0.1, 0.15) is 6.54 Å². The van der Waals surface area contributed by atoms with E-state index in [4.69, 9.17) is 17.3 Å². The summed E-state index contributed by atoms with van der Waals surface area (Å²) in [5.74, 6) is -1.13. The lowest BCUT2D eigenvalue weighted by Crippen LogP contribution is -2.33. The number of rotatable bonds is 3. The minimum absolute atomic E-state index is 0.125. The largest absolute Gasteiger partial charge is 0.480 e. The highest BCUT2D eigenvalue weighted by Crippen LogP contribution is 2.02. The van der Waals surface area contributed by atoms with E-state index in [2.05, 4.69) is 5.32 Å². The molecule has 0 amide bonds. The summed E-state index contributed by atoms with van der Waals surface area (Å²) in [6.07, 6.45) is 1.61. The topological polar surface area (TPSA) is 71.3 Å². The standard InChI is InChI=1S/C9H10N2O3S/c1-6(12)7-3-2-4-11(7)9(15)10-5-8(13)14/h2-4H,5H2,1H3,(H,10,15)(H,13,14). The zero-order valence-corrected chi connectivity index (χ0v) is 8.87. The maximum absolute atomic E-state index is 11.1. The Morgan fingerprint density at radius 3 is 2.80 bits per heavy atom. The molecule has 0 aliphatic heterocycles. The van der Waals surface area contributed by atoms with Crippen molar-refractivity contribution in [2.24, 2.45) is 0 Å². The summed E-state index contributed by atoms with van der Waals surface area (Å²) in [4.78, 5) is 21.4. The van der Waals surface area contributed by atoms with Gasteiger partial charge in [-0.25, -0.2) is 0 Å². The first-order valence-corrected chi connectivity index (χ1v) is 4.61. The highest BCUT2D eigenvalue weighted by atomic mass is 32.1. The third kappa shape index (κ3) is 2.88. The smallest absolute Gasteiger partial charge is 0.322 e. The molecule has 0 aliphatic carbocycles. The first-order chi connectivity index (χ1) is 7.02. The van der Waals surface area contributed by atoms with Gasteiger partial charge in [0.15, 0.2) is 10.9 Å². The van der Waals surface area contributed by atoms with Crippen LogP contribution in [-0.2, 0) is 4.79 Å². The molecule has 0 aliphatic rings. The van der Waals surface area contributed by atoms with Crippen molar-refractivity contribution < 1.29 is 14.7 Å². The van der Waals surface area contributed by atoms with Crippen LogP contribution in [0.2, 0.25) is 0 Å². The first kappa shape index (κ1) is 11.4. The molecular formula is C9H10N2O3S. The molecule has 2 N–H and O–H groups in total. The van der Waals surface area contributed by atoms with E-state index in [0.29, 0.717) is 5.69 Å². The number of carboxylic acids is 1. The van der Waals surface area contributed by atoms with Crippen LogP contribution in [0.5, 0.6) is 0 Å². The van der Waals surface area contributed by atoms with E-state index >= 15 is 0 Å². The molecule has 0 bridgehead atoms. The molecule has 0 fully saturated rings. The van der Waals surface area contributed by atoms with Crippen molar-refractivity contribution in [2.45, 2.75) is 6.92 Å². The van der Waals surface area contributed by atoms with Crippen LogP contribution in [-0.4, -0.2) is 33.1 Å². The summed E-state index contributed by atoms with van der Waals surface area (Å²) in [5, 5.41) is 11.2. The Bertz CT molecular complexity index is 411. The molecule has 5 nitrogen and oxygen atoms in total. The second-order valence-electron chi connectivity index (χ2n) is 2.87. The zero-order valence-electron chi connectivity index (χ0n) is 8.06. The molecule has 0 saturated carbocycles. The maximum atomic E-state index is 11.1. The summed E-state index contributed by atoms with van der Waals surface area (Å²) in [7, 11) is 0. The normalized spacial score (nSPS) is 9.67. The molecule has 0 unspecified atom stereocenters. The fraction of sp³-hybridized carbons (Fsp3) is 0.222. The Hall–Kier alpha value is -1.69. The molecule has 0 saturated heterocycles. The van der Waals surface area contributed by atoms with Gasteiger partial charge in [-0.15, -0.1) is 0 Å². The molecule has 0 radical (unpaired) electrons. The molecule has 0 atom stereocenters. The van der Waals surface area contributed by atoms with E-state index in [0.717, 1.165) is 0 Å². The highest BCUT2D eigenvalue weighted by Gasteiger charge is 2.09. The minimum Gasteiger partial charge on any atom is -0.480 e. The van der Waals surface area contributed by atoms with Gasteiger partial charge in [-0.2, -0.15) is 0 Å². The lowest BCUT2D eigenvalue weighted by atomic mass is 10.3. The Kier molecular flexibility index (Phi) is 3.56. The molecule has 1 heterocycles. The quantitative estimate of drug-likeness (QED) is 0.580. The molecule has 80 valence electrons. The molecule has 1 aromatic heterocycles. The Morgan fingerprint density at radius 2 is 2.27 bits per heavy atom. The van der Waals surface area contributed by atoms with E-state index in [1.165, 1.54) is 11.5 Å². The number of nitrogens with zero attached hydrogens (tertiary/aromatic N) is 1. The Labute approximate surface area is 91.7 Å². The van der Waals surface area contributed by atoms with Crippen LogP contribution in [0.1, 0.15) is 17.4 Å². The van der Waals surface area contributed by atoms with Gasteiger partial charge in [-0.1, -0.05) is 0 Å². The third-order valence-corrected chi connectivity index (χ3v) is 2.06. The number of hydrogen-bond acceptors (Lipinski definition) is 3. The minimum atomic E-state index is -1.01. The van der Waals surface area contributed by atoms with Crippen molar-refractivity contribution in [2.75, 3.05) is 6.54 Å². The van der Waals surface area contributed by atoms with Gasteiger partial charge in [-0.05, 0) is 24.4 Å². The van der Waals surface area contributed by atoms with Gasteiger partial charge in [0.05, 0.1) is 5.69 Å². The monoisotopic (exact) mass is 226 g/mol. The summed E-state index contributed by atoms with van der Waals surface area (Å²) < 4.78 is 1.45. The van der Waals surface area contributed by atoms with Crippen LogP contribution in [0.3, 0.4) is 0 Å². The maximum Gasteiger partial charge on any atom is 0.322 e. The number of ketones is 1. The van der Waals surface area contributed by atoms with Gasteiger partial charge in [0.25, 0.3) is 0 Å². The number of Topliss-reactive ketones (excluding diaryl/α,β-unsaturated/α-hetero) is 1. The number of hydrogen-bond donors (Lipinski definition) is 2. The average molecular weight is 226 g/mol. The van der Waals surface area contributed by atoms with Gasteiger partial charge in [0, 0.05) is 13.1 Å². The molecule has 1 rings (SSSR count).